The van der Waals surface area contributed by atoms with Gasteiger partial charge in [0.05, 0.1) is 5.56 Å². The summed E-state index contributed by atoms with van der Waals surface area (Å²) in [6.45, 7) is 0.288. The van der Waals surface area contributed by atoms with Crippen molar-refractivity contribution in [2.45, 2.75) is 6.18 Å². The molecule has 0 aliphatic carbocycles. The summed E-state index contributed by atoms with van der Waals surface area (Å²) in [4.78, 5) is 3.49. The summed E-state index contributed by atoms with van der Waals surface area (Å²) in [6.07, 6.45) is 0.861. The highest BCUT2D eigenvalue weighted by molar-refractivity contribution is 5.49. The number of halogens is 3. The molecule has 1 heterocycles. The number of pyridine rings is 1. The minimum atomic E-state index is -4.35. The van der Waals surface area contributed by atoms with Crippen molar-refractivity contribution in [2.24, 2.45) is 5.73 Å². The maximum Gasteiger partial charge on any atom is 0.417 e. The zero-order chi connectivity index (χ0) is 10.6. The van der Waals surface area contributed by atoms with Gasteiger partial charge in [0.1, 0.15) is 0 Å². The Balaban J connectivity index is 2.96. The zero-order valence-corrected chi connectivity index (χ0v) is 7.25. The Morgan fingerprint density at radius 2 is 2.07 bits per heavy atom. The van der Waals surface area contributed by atoms with E-state index in [0.29, 0.717) is 5.56 Å². The summed E-state index contributed by atoms with van der Waals surface area (Å²) in [5.74, 6) is 0. The predicted molar refractivity (Wildman–Crippen MR) is 47.3 cm³/mol. The number of alkyl halides is 3. The van der Waals surface area contributed by atoms with E-state index in [0.717, 1.165) is 12.3 Å². The molecular weight excluding hydrogens is 193 g/mol. The van der Waals surface area contributed by atoms with Crippen molar-refractivity contribution in [1.29, 1.82) is 0 Å². The normalized spacial score (nSPS) is 12.3. The highest BCUT2D eigenvalue weighted by atomic mass is 19.4. The van der Waals surface area contributed by atoms with Crippen LogP contribution in [-0.2, 0) is 6.18 Å². The third-order valence-corrected chi connectivity index (χ3v) is 1.53. The van der Waals surface area contributed by atoms with Crippen molar-refractivity contribution in [1.82, 2.24) is 4.98 Å². The van der Waals surface area contributed by atoms with Crippen LogP contribution in [0.5, 0.6) is 0 Å². The van der Waals surface area contributed by atoms with Crippen molar-refractivity contribution in [2.75, 3.05) is 6.54 Å². The first kappa shape index (κ1) is 10.7. The Morgan fingerprint density at radius 1 is 1.36 bits per heavy atom. The molecule has 1 aromatic heterocycles. The number of hydrogen-bond donors (Lipinski definition) is 1. The second kappa shape index (κ2) is 4.23. The SMILES string of the molecule is NCC=Cc1cncc(C(F)(F)F)c1. The molecule has 0 unspecified atom stereocenters. The number of nitrogens with two attached hydrogens (primary N) is 1. The molecule has 5 heteroatoms. The van der Waals surface area contributed by atoms with Crippen LogP contribution < -0.4 is 5.73 Å². The Morgan fingerprint density at radius 3 is 2.64 bits per heavy atom. The topological polar surface area (TPSA) is 38.9 Å². The van der Waals surface area contributed by atoms with Crippen molar-refractivity contribution in [3.8, 4) is 0 Å². The molecule has 0 amide bonds. The van der Waals surface area contributed by atoms with E-state index in [-0.39, 0.29) is 6.54 Å². The van der Waals surface area contributed by atoms with E-state index >= 15 is 0 Å². The number of hydrogen-bond acceptors (Lipinski definition) is 2. The molecule has 0 fully saturated rings. The molecule has 2 nitrogen and oxygen atoms in total. The van der Waals surface area contributed by atoms with Crippen LogP contribution >= 0.6 is 0 Å². The van der Waals surface area contributed by atoms with Crippen molar-refractivity contribution < 1.29 is 13.2 Å². The molecule has 0 spiro atoms. The van der Waals surface area contributed by atoms with Crippen molar-refractivity contribution in [3.63, 3.8) is 0 Å². The summed E-state index contributed by atoms with van der Waals surface area (Å²) in [5, 5.41) is 0. The van der Waals surface area contributed by atoms with Gasteiger partial charge in [0.25, 0.3) is 0 Å². The second-order valence-electron chi connectivity index (χ2n) is 2.64. The molecule has 1 rings (SSSR count). The predicted octanol–water partition coefficient (Wildman–Crippen LogP) is 2.07. The Kier molecular flexibility index (Phi) is 3.24. The molecule has 0 saturated carbocycles. The molecule has 0 aromatic carbocycles. The monoisotopic (exact) mass is 202 g/mol. The van der Waals surface area contributed by atoms with Crippen LogP contribution in [0, 0.1) is 0 Å². The molecule has 14 heavy (non-hydrogen) atoms. The molecule has 0 saturated heterocycles. The number of nitrogens with zero attached hydrogens (tertiary/aromatic N) is 1. The van der Waals surface area contributed by atoms with Crippen LogP contribution in [0.15, 0.2) is 24.5 Å². The fourth-order valence-corrected chi connectivity index (χ4v) is 0.908. The van der Waals surface area contributed by atoms with Crippen LogP contribution in [0.2, 0.25) is 0 Å². The third kappa shape index (κ3) is 2.85. The summed E-state index contributed by atoms with van der Waals surface area (Å²) >= 11 is 0. The van der Waals surface area contributed by atoms with E-state index < -0.39 is 11.7 Å². The second-order valence-corrected chi connectivity index (χ2v) is 2.64. The summed E-state index contributed by atoms with van der Waals surface area (Å²) < 4.78 is 36.6. The largest absolute Gasteiger partial charge is 0.417 e. The average Bonchev–Trinajstić information content (AvgIpc) is 2.14. The maximum absolute atomic E-state index is 12.2. The fraction of sp³-hybridized carbons (Fsp3) is 0.222. The third-order valence-electron chi connectivity index (χ3n) is 1.53. The van der Waals surface area contributed by atoms with Gasteiger partial charge in [-0.05, 0) is 11.6 Å². The minimum Gasteiger partial charge on any atom is -0.327 e. The van der Waals surface area contributed by atoms with E-state index in [9.17, 15) is 13.2 Å². The van der Waals surface area contributed by atoms with Gasteiger partial charge >= 0.3 is 6.18 Å². The molecule has 0 bridgehead atoms. The lowest BCUT2D eigenvalue weighted by Crippen LogP contribution is -2.05. The van der Waals surface area contributed by atoms with Gasteiger partial charge in [-0.3, -0.25) is 4.98 Å². The number of aromatic nitrogens is 1. The average molecular weight is 202 g/mol. The molecular formula is C9H9F3N2. The summed E-state index contributed by atoms with van der Waals surface area (Å²) in [7, 11) is 0. The fourth-order valence-electron chi connectivity index (χ4n) is 0.908. The molecule has 0 aliphatic heterocycles. The highest BCUT2D eigenvalue weighted by Gasteiger charge is 2.30. The van der Waals surface area contributed by atoms with Gasteiger partial charge < -0.3 is 5.73 Å². The van der Waals surface area contributed by atoms with Gasteiger partial charge in [0.2, 0.25) is 0 Å². The molecule has 1 aromatic rings. The number of rotatable bonds is 2. The quantitative estimate of drug-likeness (QED) is 0.797. The van der Waals surface area contributed by atoms with Crippen LogP contribution in [0.4, 0.5) is 13.2 Å². The van der Waals surface area contributed by atoms with Gasteiger partial charge in [-0.25, -0.2) is 0 Å². The lowest BCUT2D eigenvalue weighted by Gasteiger charge is -2.05. The first-order valence-corrected chi connectivity index (χ1v) is 3.93. The van der Waals surface area contributed by atoms with Crippen LogP contribution in [0.3, 0.4) is 0 Å². The van der Waals surface area contributed by atoms with E-state index in [4.69, 9.17) is 5.73 Å². The lowest BCUT2D eigenvalue weighted by atomic mass is 10.2. The molecule has 76 valence electrons. The molecule has 2 N–H and O–H groups in total. The Labute approximate surface area is 79.3 Å². The Bertz CT molecular complexity index is 331. The lowest BCUT2D eigenvalue weighted by molar-refractivity contribution is -0.137. The Hall–Kier alpha value is -1.36. The first-order chi connectivity index (χ1) is 6.54. The minimum absolute atomic E-state index is 0.288. The van der Waals surface area contributed by atoms with Gasteiger partial charge in [0.15, 0.2) is 0 Å². The first-order valence-electron chi connectivity index (χ1n) is 3.93. The van der Waals surface area contributed by atoms with Gasteiger partial charge in [-0.15, -0.1) is 0 Å². The van der Waals surface area contributed by atoms with Crippen LogP contribution in [0.1, 0.15) is 11.1 Å². The maximum atomic E-state index is 12.2. The van der Waals surface area contributed by atoms with Gasteiger partial charge in [0, 0.05) is 18.9 Å². The molecule has 0 atom stereocenters. The van der Waals surface area contributed by atoms with E-state index in [1.807, 2.05) is 0 Å². The van der Waals surface area contributed by atoms with Gasteiger partial charge in [-0.1, -0.05) is 12.2 Å². The van der Waals surface area contributed by atoms with Crippen molar-refractivity contribution >= 4 is 6.08 Å². The van der Waals surface area contributed by atoms with E-state index in [1.54, 1.807) is 6.08 Å². The standard InChI is InChI=1S/C9H9F3N2/c10-9(11,12)8-4-7(2-1-3-13)5-14-6-8/h1-2,4-6H,3,13H2. The molecule has 0 radical (unpaired) electrons. The van der Waals surface area contributed by atoms with Crippen LogP contribution in [0.25, 0.3) is 6.08 Å². The summed E-state index contributed by atoms with van der Waals surface area (Å²) in [5.41, 5.74) is 4.81. The zero-order valence-electron chi connectivity index (χ0n) is 7.25. The van der Waals surface area contributed by atoms with Crippen LogP contribution in [-0.4, -0.2) is 11.5 Å². The van der Waals surface area contributed by atoms with Crippen molar-refractivity contribution in [3.05, 3.63) is 35.7 Å². The summed E-state index contributed by atoms with van der Waals surface area (Å²) in [6, 6.07) is 1.03. The molecule has 0 aliphatic rings. The van der Waals surface area contributed by atoms with E-state index in [1.165, 1.54) is 12.3 Å². The smallest absolute Gasteiger partial charge is 0.327 e. The highest BCUT2D eigenvalue weighted by Crippen LogP contribution is 2.28. The van der Waals surface area contributed by atoms with Gasteiger partial charge in [-0.2, -0.15) is 13.2 Å². The van der Waals surface area contributed by atoms with E-state index in [2.05, 4.69) is 4.98 Å².